The third-order valence-electron chi connectivity index (χ3n) is 6.07. The first kappa shape index (κ1) is 32.8. The predicted molar refractivity (Wildman–Crippen MR) is 151 cm³/mol. The Morgan fingerprint density at radius 3 is 1.19 bits per heavy atom. The predicted octanol–water partition coefficient (Wildman–Crippen LogP) is 5.32. The molecule has 0 atom stereocenters. The zero-order chi connectivity index (χ0) is 28.4. The third kappa shape index (κ3) is 10.2. The van der Waals surface area contributed by atoms with E-state index in [2.05, 4.69) is 25.7 Å². The van der Waals surface area contributed by atoms with E-state index in [-0.39, 0.29) is 22.5 Å². The topological polar surface area (TPSA) is 164 Å². The van der Waals surface area contributed by atoms with Gasteiger partial charge in [-0.25, -0.2) is 0 Å². The number of benzene rings is 2. The van der Waals surface area contributed by atoms with Crippen LogP contribution in [0.5, 0.6) is 0 Å². The first-order chi connectivity index (χ1) is 17.2. The van der Waals surface area contributed by atoms with Crippen LogP contribution in [0, 0.1) is 13.8 Å². The van der Waals surface area contributed by atoms with Gasteiger partial charge in [0.25, 0.3) is 20.2 Å². The molecule has 0 aliphatic carbocycles. The molecular weight excluding hydrogens is 514 g/mol. The largest absolute Gasteiger partial charge is 0.398 e. The fourth-order valence-corrected chi connectivity index (χ4v) is 5.18. The van der Waals surface area contributed by atoms with Crippen LogP contribution >= 0.6 is 0 Å². The first-order valence-electron chi connectivity index (χ1n) is 12.6. The fourth-order valence-electron chi connectivity index (χ4n) is 3.74. The van der Waals surface area contributed by atoms with E-state index in [9.17, 15) is 25.9 Å². The lowest BCUT2D eigenvalue weighted by Gasteiger charge is -2.21. The van der Waals surface area contributed by atoms with Gasteiger partial charge in [-0.15, -0.1) is 0 Å². The van der Waals surface area contributed by atoms with Gasteiger partial charge in [0.05, 0.1) is 0 Å². The third-order valence-corrected chi connectivity index (χ3v) is 7.85. The molecule has 0 aliphatic heterocycles. The zero-order valence-electron chi connectivity index (χ0n) is 22.6. The summed E-state index contributed by atoms with van der Waals surface area (Å²) in [5.41, 5.74) is 12.3. The summed E-state index contributed by atoms with van der Waals surface area (Å²) in [6.45, 7) is 13.9. The fraction of sp³-hybridized carbons (Fsp3) is 0.538. The molecule has 2 rings (SSSR count). The number of hydrogen-bond donors (Lipinski definition) is 4. The normalized spacial score (nSPS) is 11.9. The van der Waals surface area contributed by atoms with Gasteiger partial charge in [-0.1, -0.05) is 40.0 Å². The highest BCUT2D eigenvalue weighted by atomic mass is 32.2. The molecule has 0 unspecified atom stereocenters. The summed E-state index contributed by atoms with van der Waals surface area (Å²) >= 11 is 0. The maximum Gasteiger partial charge on any atom is 0.295 e. The van der Waals surface area contributed by atoms with Gasteiger partial charge in [0, 0.05) is 22.5 Å². The minimum Gasteiger partial charge on any atom is -0.398 e. The Balaban J connectivity index is 0.000000448. The van der Waals surface area contributed by atoms with Crippen molar-refractivity contribution in [3.05, 3.63) is 35.4 Å². The van der Waals surface area contributed by atoms with Gasteiger partial charge < -0.3 is 16.4 Å². The lowest BCUT2D eigenvalue weighted by Crippen LogP contribution is -2.27. The van der Waals surface area contributed by atoms with Crippen molar-refractivity contribution in [3.63, 3.8) is 0 Å². The molecule has 0 bridgehead atoms. The molecule has 0 heterocycles. The van der Waals surface area contributed by atoms with E-state index in [1.807, 2.05) is 0 Å². The van der Waals surface area contributed by atoms with Gasteiger partial charge in [-0.05, 0) is 88.1 Å². The maximum absolute atomic E-state index is 11.7. The van der Waals surface area contributed by atoms with E-state index < -0.39 is 30.0 Å². The summed E-state index contributed by atoms with van der Waals surface area (Å²) in [4.78, 5) is 1.50. The zero-order valence-corrected chi connectivity index (χ0v) is 24.3. The molecule has 2 aromatic carbocycles. The summed E-state index contributed by atoms with van der Waals surface area (Å²) in [5.74, 6) is 0. The molecule has 0 aliphatic rings. The van der Waals surface area contributed by atoms with E-state index >= 15 is 0 Å². The molecule has 37 heavy (non-hydrogen) atoms. The van der Waals surface area contributed by atoms with E-state index in [1.165, 1.54) is 70.3 Å². The van der Waals surface area contributed by atoms with E-state index in [0.29, 0.717) is 11.1 Å². The van der Waals surface area contributed by atoms with Crippen molar-refractivity contribution in [2.24, 2.45) is 0 Å². The summed E-state index contributed by atoms with van der Waals surface area (Å²) in [6.07, 6.45) is 8.09. The maximum atomic E-state index is 11.7. The standard InChI is InChI=1S/C14H16N2O6S2.C12H27N/c1-7-3-9(13(5-11(7)15)23(17,18)19)10-4-8(2)12(16)6-14(10)24(20,21)22;1-4-7-10-13(11-8-5-2)12-9-6-3/h3-6H,15-16H2,1-2H3,(H,17,18,19)(H,20,21,22);4-12H2,1-3H3. The molecule has 0 radical (unpaired) electrons. The van der Waals surface area contributed by atoms with Crippen molar-refractivity contribution in [2.45, 2.75) is 82.9 Å². The second-order valence-corrected chi connectivity index (χ2v) is 12.0. The van der Waals surface area contributed by atoms with Crippen LogP contribution in [0.25, 0.3) is 11.1 Å². The number of nitrogen functional groups attached to an aromatic ring is 2. The minimum absolute atomic E-state index is 0.104. The quantitative estimate of drug-likeness (QED) is 0.200. The Morgan fingerprint density at radius 1 is 0.649 bits per heavy atom. The van der Waals surface area contributed by atoms with Gasteiger partial charge in [0.2, 0.25) is 0 Å². The van der Waals surface area contributed by atoms with Crippen LogP contribution < -0.4 is 11.5 Å². The smallest absolute Gasteiger partial charge is 0.295 e. The van der Waals surface area contributed by atoms with Crippen molar-refractivity contribution in [2.75, 3.05) is 31.1 Å². The summed E-state index contributed by atoms with van der Waals surface area (Å²) < 4.78 is 65.6. The number of aryl methyl sites for hydroxylation is 2. The van der Waals surface area contributed by atoms with Crippen molar-refractivity contribution in [1.29, 1.82) is 0 Å². The summed E-state index contributed by atoms with van der Waals surface area (Å²) in [5, 5.41) is 0. The molecule has 0 saturated heterocycles. The van der Waals surface area contributed by atoms with E-state index in [0.717, 1.165) is 12.1 Å². The number of unbranched alkanes of at least 4 members (excludes halogenated alkanes) is 3. The molecule has 9 nitrogen and oxygen atoms in total. The highest BCUT2D eigenvalue weighted by Crippen LogP contribution is 2.37. The molecule has 0 spiro atoms. The lowest BCUT2D eigenvalue weighted by molar-refractivity contribution is 0.261. The lowest BCUT2D eigenvalue weighted by atomic mass is 10.00. The Kier molecular flexibility index (Phi) is 13.0. The van der Waals surface area contributed by atoms with E-state index in [4.69, 9.17) is 11.5 Å². The second kappa shape index (κ2) is 14.7. The molecular formula is C26H43N3O6S2. The SMILES string of the molecule is CCCCN(CCCC)CCCC.Cc1cc(-c2cc(C)c(N)cc2S(=O)(=O)O)c(S(=O)(=O)O)cc1N. The van der Waals surface area contributed by atoms with Crippen LogP contribution in [-0.4, -0.2) is 50.5 Å². The Labute approximate surface area is 222 Å². The Bertz CT molecular complexity index is 1140. The van der Waals surface area contributed by atoms with Gasteiger partial charge in [0.1, 0.15) is 9.79 Å². The molecule has 6 N–H and O–H groups in total. The van der Waals surface area contributed by atoms with Crippen LogP contribution in [0.2, 0.25) is 0 Å². The first-order valence-corrected chi connectivity index (χ1v) is 15.5. The molecule has 210 valence electrons. The molecule has 11 heteroatoms. The van der Waals surface area contributed by atoms with Crippen LogP contribution in [0.4, 0.5) is 11.4 Å². The molecule has 0 fully saturated rings. The van der Waals surface area contributed by atoms with Crippen molar-refractivity contribution >= 4 is 31.6 Å². The second-order valence-electron chi connectivity index (χ2n) is 9.26. The van der Waals surface area contributed by atoms with Crippen molar-refractivity contribution in [3.8, 4) is 11.1 Å². The van der Waals surface area contributed by atoms with E-state index in [1.54, 1.807) is 13.8 Å². The number of hydrogen-bond acceptors (Lipinski definition) is 7. The number of nitrogens with two attached hydrogens (primary N) is 2. The number of nitrogens with zero attached hydrogens (tertiary/aromatic N) is 1. The average Bonchev–Trinajstić information content (AvgIpc) is 2.80. The van der Waals surface area contributed by atoms with Crippen LogP contribution in [0.3, 0.4) is 0 Å². The van der Waals surface area contributed by atoms with Gasteiger partial charge in [-0.3, -0.25) is 9.11 Å². The Hall–Kier alpha value is -2.18. The van der Waals surface area contributed by atoms with Crippen LogP contribution in [-0.2, 0) is 20.2 Å². The highest BCUT2D eigenvalue weighted by Gasteiger charge is 2.25. The Morgan fingerprint density at radius 2 is 0.946 bits per heavy atom. The van der Waals surface area contributed by atoms with Crippen LogP contribution in [0.15, 0.2) is 34.1 Å². The molecule has 0 amide bonds. The van der Waals surface area contributed by atoms with Crippen molar-refractivity contribution in [1.82, 2.24) is 4.90 Å². The molecule has 0 saturated carbocycles. The number of anilines is 2. The number of rotatable bonds is 12. The molecule has 0 aromatic heterocycles. The summed E-state index contributed by atoms with van der Waals surface area (Å²) in [6, 6.07) is 4.69. The van der Waals surface area contributed by atoms with Gasteiger partial charge in [-0.2, -0.15) is 16.8 Å². The minimum atomic E-state index is -4.69. The monoisotopic (exact) mass is 557 g/mol. The molecule has 2 aromatic rings. The highest BCUT2D eigenvalue weighted by molar-refractivity contribution is 7.86. The van der Waals surface area contributed by atoms with Gasteiger partial charge >= 0.3 is 0 Å². The van der Waals surface area contributed by atoms with Crippen LogP contribution in [0.1, 0.15) is 70.4 Å². The van der Waals surface area contributed by atoms with Crippen molar-refractivity contribution < 1.29 is 25.9 Å². The van der Waals surface area contributed by atoms with Gasteiger partial charge in [0.15, 0.2) is 0 Å². The summed E-state index contributed by atoms with van der Waals surface area (Å²) in [7, 11) is -9.39. The average molecular weight is 558 g/mol.